The van der Waals surface area contributed by atoms with Gasteiger partial charge in [-0.15, -0.1) is 11.8 Å². The molecule has 2 aliphatic rings. The van der Waals surface area contributed by atoms with Crippen molar-refractivity contribution >= 4 is 35.2 Å². The second-order valence-electron chi connectivity index (χ2n) is 6.01. The van der Waals surface area contributed by atoms with Crippen molar-refractivity contribution in [2.75, 3.05) is 18.1 Å². The maximum absolute atomic E-state index is 12.3. The Morgan fingerprint density at radius 2 is 1.88 bits per heavy atom. The molecule has 3 rings (SSSR count). The summed E-state index contributed by atoms with van der Waals surface area (Å²) in [7, 11) is 0. The second-order valence-corrected chi connectivity index (χ2v) is 6.89. The van der Waals surface area contributed by atoms with Crippen LogP contribution in [0.2, 0.25) is 0 Å². The van der Waals surface area contributed by atoms with E-state index in [0.717, 1.165) is 10.6 Å². The molecular formula is C18H20N2O3S. The normalized spacial score (nSPS) is 22.6. The van der Waals surface area contributed by atoms with Crippen LogP contribution in [-0.2, 0) is 14.4 Å². The second kappa shape index (κ2) is 7.21. The molecule has 5 nitrogen and oxygen atoms in total. The number of imide groups is 1. The summed E-state index contributed by atoms with van der Waals surface area (Å²) in [6.45, 7) is 0.152. The third-order valence-electron chi connectivity index (χ3n) is 4.51. The smallest absolute Gasteiger partial charge is 0.233 e. The van der Waals surface area contributed by atoms with Gasteiger partial charge in [0.25, 0.3) is 0 Å². The van der Waals surface area contributed by atoms with Gasteiger partial charge in [-0.3, -0.25) is 19.3 Å². The number of rotatable bonds is 5. The predicted octanol–water partition coefficient (Wildman–Crippen LogP) is 2.69. The Morgan fingerprint density at radius 1 is 1.21 bits per heavy atom. The lowest BCUT2D eigenvalue weighted by molar-refractivity contribution is -0.140. The molecule has 126 valence electrons. The molecule has 3 amide bonds. The highest BCUT2D eigenvalue weighted by Gasteiger charge is 2.46. The average Bonchev–Trinajstić information content (AvgIpc) is 2.84. The fraction of sp³-hybridized carbons (Fsp3) is 0.389. The largest absolute Gasteiger partial charge is 0.326 e. The van der Waals surface area contributed by atoms with Gasteiger partial charge in [0, 0.05) is 23.5 Å². The highest BCUT2D eigenvalue weighted by Crippen LogP contribution is 2.35. The molecule has 1 saturated heterocycles. The fourth-order valence-electron chi connectivity index (χ4n) is 3.23. The molecule has 0 aromatic heterocycles. The number of benzene rings is 1. The maximum Gasteiger partial charge on any atom is 0.233 e. The van der Waals surface area contributed by atoms with Crippen LogP contribution in [0.5, 0.6) is 0 Å². The minimum Gasteiger partial charge on any atom is -0.326 e. The minimum absolute atomic E-state index is 0.119. The van der Waals surface area contributed by atoms with Crippen molar-refractivity contribution in [3.05, 3.63) is 36.4 Å². The molecule has 0 unspecified atom stereocenters. The molecule has 1 aromatic rings. The summed E-state index contributed by atoms with van der Waals surface area (Å²) in [6.07, 6.45) is 7.26. The summed E-state index contributed by atoms with van der Waals surface area (Å²) in [5.41, 5.74) is 0.726. The van der Waals surface area contributed by atoms with Gasteiger partial charge in [0.2, 0.25) is 17.7 Å². The van der Waals surface area contributed by atoms with E-state index in [1.54, 1.807) is 11.8 Å². The molecule has 1 aliphatic carbocycles. The van der Waals surface area contributed by atoms with Crippen LogP contribution in [0.25, 0.3) is 0 Å². The molecule has 0 bridgehead atoms. The van der Waals surface area contributed by atoms with Crippen molar-refractivity contribution in [3.63, 3.8) is 0 Å². The van der Waals surface area contributed by atoms with Gasteiger partial charge >= 0.3 is 0 Å². The Balaban J connectivity index is 1.56. The molecule has 1 heterocycles. The van der Waals surface area contributed by atoms with Gasteiger partial charge in [0.15, 0.2) is 0 Å². The molecule has 0 saturated carbocycles. The van der Waals surface area contributed by atoms with Crippen molar-refractivity contribution in [2.45, 2.75) is 24.2 Å². The number of nitrogens with one attached hydrogen (secondary N) is 1. The Morgan fingerprint density at radius 3 is 2.50 bits per heavy atom. The highest BCUT2D eigenvalue weighted by molar-refractivity contribution is 7.98. The number of likely N-dealkylation sites (tertiary alicyclic amines) is 1. The quantitative estimate of drug-likeness (QED) is 0.507. The first-order chi connectivity index (χ1) is 11.6. The van der Waals surface area contributed by atoms with Crippen molar-refractivity contribution < 1.29 is 14.4 Å². The van der Waals surface area contributed by atoms with Gasteiger partial charge in [0.05, 0.1) is 11.8 Å². The van der Waals surface area contributed by atoms with E-state index in [4.69, 9.17) is 0 Å². The van der Waals surface area contributed by atoms with E-state index >= 15 is 0 Å². The average molecular weight is 344 g/mol. The molecule has 0 radical (unpaired) electrons. The SMILES string of the molecule is CSc1cccc(NC(=O)CCN2C(=O)[C@@H]3CC=CC[C@H]3C2=O)c1. The first kappa shape index (κ1) is 16.8. The van der Waals surface area contributed by atoms with E-state index in [-0.39, 0.29) is 42.5 Å². The molecular weight excluding hydrogens is 324 g/mol. The van der Waals surface area contributed by atoms with E-state index in [1.807, 2.05) is 42.7 Å². The van der Waals surface area contributed by atoms with E-state index in [9.17, 15) is 14.4 Å². The summed E-state index contributed by atoms with van der Waals surface area (Å²) in [5.74, 6) is -0.924. The Bertz CT molecular complexity index is 675. The fourth-order valence-corrected chi connectivity index (χ4v) is 3.69. The van der Waals surface area contributed by atoms with Crippen molar-refractivity contribution in [2.24, 2.45) is 11.8 Å². The molecule has 6 heteroatoms. The van der Waals surface area contributed by atoms with Crippen LogP contribution in [0.3, 0.4) is 0 Å². The van der Waals surface area contributed by atoms with Crippen LogP contribution in [0, 0.1) is 11.8 Å². The lowest BCUT2D eigenvalue weighted by Crippen LogP contribution is -2.34. The minimum atomic E-state index is -0.233. The summed E-state index contributed by atoms with van der Waals surface area (Å²) in [5, 5.41) is 2.82. The summed E-state index contributed by atoms with van der Waals surface area (Å²) >= 11 is 1.60. The van der Waals surface area contributed by atoms with E-state index in [0.29, 0.717) is 12.8 Å². The predicted molar refractivity (Wildman–Crippen MR) is 93.5 cm³/mol. The van der Waals surface area contributed by atoms with Crippen LogP contribution in [0.4, 0.5) is 5.69 Å². The molecule has 1 fully saturated rings. The number of anilines is 1. The summed E-state index contributed by atoms with van der Waals surface area (Å²) < 4.78 is 0. The molecule has 1 aromatic carbocycles. The van der Waals surface area contributed by atoms with Gasteiger partial charge < -0.3 is 5.32 Å². The number of amides is 3. The van der Waals surface area contributed by atoms with Crippen molar-refractivity contribution in [3.8, 4) is 0 Å². The van der Waals surface area contributed by atoms with E-state index in [1.165, 1.54) is 4.90 Å². The van der Waals surface area contributed by atoms with E-state index in [2.05, 4.69) is 5.32 Å². The first-order valence-electron chi connectivity index (χ1n) is 8.04. The number of fused-ring (bicyclic) bond motifs is 1. The Labute approximate surface area is 145 Å². The van der Waals surface area contributed by atoms with Crippen LogP contribution in [0.15, 0.2) is 41.3 Å². The molecule has 1 aliphatic heterocycles. The Hall–Kier alpha value is -2.08. The van der Waals surface area contributed by atoms with Gasteiger partial charge in [-0.2, -0.15) is 0 Å². The zero-order valence-corrected chi connectivity index (χ0v) is 14.3. The number of hydrogen-bond acceptors (Lipinski definition) is 4. The van der Waals surface area contributed by atoms with Crippen molar-refractivity contribution in [1.29, 1.82) is 0 Å². The number of nitrogens with zero attached hydrogens (tertiary/aromatic N) is 1. The summed E-state index contributed by atoms with van der Waals surface area (Å²) in [6, 6.07) is 7.57. The maximum atomic E-state index is 12.3. The monoisotopic (exact) mass is 344 g/mol. The molecule has 1 N–H and O–H groups in total. The topological polar surface area (TPSA) is 66.5 Å². The summed E-state index contributed by atoms with van der Waals surface area (Å²) in [4.78, 5) is 39.1. The number of carbonyl (C=O) groups is 3. The van der Waals surface area contributed by atoms with Gasteiger partial charge in [-0.25, -0.2) is 0 Å². The highest BCUT2D eigenvalue weighted by atomic mass is 32.2. The van der Waals surface area contributed by atoms with Crippen LogP contribution >= 0.6 is 11.8 Å². The molecule has 0 spiro atoms. The number of hydrogen-bond donors (Lipinski definition) is 1. The van der Waals surface area contributed by atoms with Gasteiger partial charge in [-0.05, 0) is 37.3 Å². The lowest BCUT2D eigenvalue weighted by Gasteiger charge is -2.14. The standard InChI is InChI=1S/C18H20N2O3S/c1-24-13-6-4-5-12(11-13)19-16(21)9-10-20-17(22)14-7-2-3-8-15(14)18(20)23/h2-6,11,14-15H,7-10H2,1H3,(H,19,21)/t14-,15-/m1/s1. The first-order valence-corrected chi connectivity index (χ1v) is 9.26. The molecule has 2 atom stereocenters. The zero-order valence-electron chi connectivity index (χ0n) is 13.5. The number of carbonyl (C=O) groups excluding carboxylic acids is 3. The van der Waals surface area contributed by atoms with Gasteiger partial charge in [0.1, 0.15) is 0 Å². The van der Waals surface area contributed by atoms with Crippen LogP contribution < -0.4 is 5.32 Å². The van der Waals surface area contributed by atoms with Crippen molar-refractivity contribution in [1.82, 2.24) is 4.90 Å². The van der Waals surface area contributed by atoms with E-state index < -0.39 is 0 Å². The number of thioether (sulfide) groups is 1. The lowest BCUT2D eigenvalue weighted by atomic mass is 9.85. The Kier molecular flexibility index (Phi) is 5.04. The van der Waals surface area contributed by atoms with Crippen LogP contribution in [0.1, 0.15) is 19.3 Å². The molecule has 24 heavy (non-hydrogen) atoms. The number of allylic oxidation sites excluding steroid dienone is 2. The van der Waals surface area contributed by atoms with Gasteiger partial charge in [-0.1, -0.05) is 18.2 Å². The third-order valence-corrected chi connectivity index (χ3v) is 5.24. The van der Waals surface area contributed by atoms with Crippen LogP contribution in [-0.4, -0.2) is 35.4 Å². The zero-order chi connectivity index (χ0) is 17.1. The third kappa shape index (κ3) is 3.38.